The van der Waals surface area contributed by atoms with E-state index in [0.29, 0.717) is 11.4 Å². The van der Waals surface area contributed by atoms with Gasteiger partial charge >= 0.3 is 0 Å². The van der Waals surface area contributed by atoms with Crippen LogP contribution in [0.4, 0.5) is 0 Å². The van der Waals surface area contributed by atoms with Gasteiger partial charge in [-0.3, -0.25) is 0 Å². The van der Waals surface area contributed by atoms with Crippen molar-refractivity contribution in [1.29, 1.82) is 0 Å². The molecular weight excluding hydrogens is 280 g/mol. The van der Waals surface area contributed by atoms with Crippen molar-refractivity contribution in [3.8, 4) is 11.5 Å². The Morgan fingerprint density at radius 2 is 1.75 bits per heavy atom. The quantitative estimate of drug-likeness (QED) is 0.859. The molecule has 0 radical (unpaired) electrons. The number of benzene rings is 1. The lowest BCUT2D eigenvalue weighted by Gasteiger charge is -2.13. The van der Waals surface area contributed by atoms with E-state index in [-0.39, 0.29) is 10.6 Å². The first kappa shape index (κ1) is 14.4. The van der Waals surface area contributed by atoms with Gasteiger partial charge in [-0.1, -0.05) is 0 Å². The van der Waals surface area contributed by atoms with Crippen LogP contribution in [0.1, 0.15) is 11.3 Å². The lowest BCUT2D eigenvalue weighted by atomic mass is 10.2. The maximum Gasteiger partial charge on any atom is 0.272 e. The predicted octanol–water partition coefficient (Wildman–Crippen LogP) is 1.75. The Hall–Kier alpha value is -2.02. The second-order valence-corrected chi connectivity index (χ2v) is 6.13. The molecule has 0 unspecified atom stereocenters. The smallest absolute Gasteiger partial charge is 0.272 e. The number of imidazole rings is 1. The highest BCUT2D eigenvalue weighted by Gasteiger charge is 2.23. The molecule has 0 aliphatic heterocycles. The summed E-state index contributed by atoms with van der Waals surface area (Å²) in [6, 6.07) is 3.09. The minimum atomic E-state index is -3.76. The molecule has 0 fully saturated rings. The zero-order chi connectivity index (χ0) is 14.9. The van der Waals surface area contributed by atoms with Gasteiger partial charge in [0.2, 0.25) is 0 Å². The SMILES string of the molecule is COc1cc(S(=O)(=O)n2cnc(C)c2)c(OC)cc1C. The van der Waals surface area contributed by atoms with E-state index in [4.69, 9.17) is 9.47 Å². The Labute approximate surface area is 118 Å². The fourth-order valence-corrected chi connectivity index (χ4v) is 3.21. The van der Waals surface area contributed by atoms with Crippen LogP contribution < -0.4 is 9.47 Å². The molecule has 1 heterocycles. The van der Waals surface area contributed by atoms with Gasteiger partial charge in [-0.2, -0.15) is 0 Å². The van der Waals surface area contributed by atoms with Crippen LogP contribution in [0.5, 0.6) is 11.5 Å². The summed E-state index contributed by atoms with van der Waals surface area (Å²) in [5.41, 5.74) is 1.41. The number of aryl methyl sites for hydroxylation is 2. The molecule has 0 aliphatic rings. The molecule has 108 valence electrons. The highest BCUT2D eigenvalue weighted by molar-refractivity contribution is 7.90. The van der Waals surface area contributed by atoms with E-state index >= 15 is 0 Å². The van der Waals surface area contributed by atoms with Crippen molar-refractivity contribution < 1.29 is 17.9 Å². The highest BCUT2D eigenvalue weighted by atomic mass is 32.2. The van der Waals surface area contributed by atoms with Gasteiger partial charge in [0.05, 0.1) is 19.9 Å². The maximum absolute atomic E-state index is 12.6. The Bertz CT molecular complexity index is 735. The topological polar surface area (TPSA) is 70.4 Å². The molecule has 0 atom stereocenters. The third-order valence-corrected chi connectivity index (χ3v) is 4.56. The van der Waals surface area contributed by atoms with Crippen LogP contribution in [0.2, 0.25) is 0 Å². The molecule has 7 heteroatoms. The maximum atomic E-state index is 12.6. The van der Waals surface area contributed by atoms with Crippen molar-refractivity contribution in [2.24, 2.45) is 0 Å². The molecule has 0 aliphatic carbocycles. The van der Waals surface area contributed by atoms with Gasteiger partial charge in [0.15, 0.2) is 0 Å². The van der Waals surface area contributed by atoms with Gasteiger partial charge in [-0.25, -0.2) is 17.4 Å². The van der Waals surface area contributed by atoms with Crippen LogP contribution in [0.25, 0.3) is 0 Å². The Balaban J connectivity index is 2.67. The van der Waals surface area contributed by atoms with Crippen molar-refractivity contribution in [1.82, 2.24) is 8.96 Å². The molecular formula is C13H16N2O4S. The first-order valence-electron chi connectivity index (χ1n) is 5.89. The second-order valence-electron chi connectivity index (χ2n) is 4.32. The lowest BCUT2D eigenvalue weighted by Crippen LogP contribution is -2.13. The minimum absolute atomic E-state index is 0.0415. The number of rotatable bonds is 4. The molecule has 0 amide bonds. The molecule has 2 aromatic rings. The zero-order valence-electron chi connectivity index (χ0n) is 11.7. The van der Waals surface area contributed by atoms with E-state index in [1.54, 1.807) is 13.0 Å². The highest BCUT2D eigenvalue weighted by Crippen LogP contribution is 2.32. The molecule has 0 saturated heterocycles. The largest absolute Gasteiger partial charge is 0.496 e. The van der Waals surface area contributed by atoms with E-state index in [0.717, 1.165) is 9.54 Å². The predicted molar refractivity (Wildman–Crippen MR) is 73.8 cm³/mol. The van der Waals surface area contributed by atoms with Crippen LogP contribution >= 0.6 is 0 Å². The number of aromatic nitrogens is 2. The van der Waals surface area contributed by atoms with Crippen molar-refractivity contribution in [3.05, 3.63) is 35.9 Å². The zero-order valence-corrected chi connectivity index (χ0v) is 12.6. The summed E-state index contributed by atoms with van der Waals surface area (Å²) < 4.78 is 36.6. The molecule has 2 rings (SSSR count). The van der Waals surface area contributed by atoms with Crippen molar-refractivity contribution in [2.45, 2.75) is 18.7 Å². The Morgan fingerprint density at radius 3 is 2.25 bits per heavy atom. The van der Waals surface area contributed by atoms with Crippen molar-refractivity contribution in [3.63, 3.8) is 0 Å². The summed E-state index contributed by atoms with van der Waals surface area (Å²) in [6.07, 6.45) is 2.71. The number of ether oxygens (including phenoxy) is 2. The molecule has 6 nitrogen and oxygen atoms in total. The van der Waals surface area contributed by atoms with Crippen LogP contribution in [-0.2, 0) is 10.0 Å². The van der Waals surface area contributed by atoms with Gasteiger partial charge in [-0.15, -0.1) is 0 Å². The van der Waals surface area contributed by atoms with Gasteiger partial charge < -0.3 is 9.47 Å². The van der Waals surface area contributed by atoms with E-state index in [2.05, 4.69) is 4.98 Å². The van der Waals surface area contributed by atoms with Crippen LogP contribution in [-0.4, -0.2) is 31.6 Å². The Kier molecular flexibility index (Phi) is 3.71. The monoisotopic (exact) mass is 296 g/mol. The van der Waals surface area contributed by atoms with Gasteiger partial charge in [0.25, 0.3) is 10.0 Å². The van der Waals surface area contributed by atoms with Crippen LogP contribution in [0.3, 0.4) is 0 Å². The summed E-state index contributed by atoms with van der Waals surface area (Å²) in [5.74, 6) is 0.760. The lowest BCUT2D eigenvalue weighted by molar-refractivity contribution is 0.390. The first-order valence-corrected chi connectivity index (χ1v) is 7.33. The fraction of sp³-hybridized carbons (Fsp3) is 0.308. The van der Waals surface area contributed by atoms with Crippen LogP contribution in [0, 0.1) is 13.8 Å². The van der Waals surface area contributed by atoms with Gasteiger partial charge in [-0.05, 0) is 25.5 Å². The number of hydrogen-bond acceptors (Lipinski definition) is 5. The first-order chi connectivity index (χ1) is 9.40. The number of methoxy groups -OCH3 is 2. The molecule has 1 aromatic heterocycles. The summed E-state index contributed by atoms with van der Waals surface area (Å²) in [6.45, 7) is 3.54. The molecule has 0 N–H and O–H groups in total. The van der Waals surface area contributed by atoms with Gasteiger partial charge in [0.1, 0.15) is 22.7 Å². The van der Waals surface area contributed by atoms with Gasteiger partial charge in [0, 0.05) is 12.3 Å². The second kappa shape index (κ2) is 5.16. The van der Waals surface area contributed by atoms with E-state index in [1.165, 1.54) is 32.8 Å². The molecule has 20 heavy (non-hydrogen) atoms. The molecule has 0 saturated carbocycles. The average molecular weight is 296 g/mol. The van der Waals surface area contributed by atoms with E-state index in [1.807, 2.05) is 6.92 Å². The van der Waals surface area contributed by atoms with Crippen LogP contribution in [0.15, 0.2) is 29.6 Å². The average Bonchev–Trinajstić information content (AvgIpc) is 2.85. The summed E-state index contributed by atoms with van der Waals surface area (Å²) in [7, 11) is -0.838. The van der Waals surface area contributed by atoms with E-state index in [9.17, 15) is 8.42 Å². The van der Waals surface area contributed by atoms with E-state index < -0.39 is 10.0 Å². The summed E-state index contributed by atoms with van der Waals surface area (Å²) in [4.78, 5) is 3.98. The summed E-state index contributed by atoms with van der Waals surface area (Å²) >= 11 is 0. The molecule has 0 bridgehead atoms. The molecule has 1 aromatic carbocycles. The van der Waals surface area contributed by atoms with Crippen molar-refractivity contribution in [2.75, 3.05) is 14.2 Å². The van der Waals surface area contributed by atoms with Crippen molar-refractivity contribution >= 4 is 10.0 Å². The standard InChI is InChI=1S/C13H16N2O4S/c1-9-5-12(19-4)13(6-11(9)18-3)20(16,17)15-7-10(2)14-8-15/h5-8H,1-4H3. The normalized spacial score (nSPS) is 11.4. The fourth-order valence-electron chi connectivity index (χ4n) is 1.87. The Morgan fingerprint density at radius 1 is 1.10 bits per heavy atom. The number of hydrogen-bond donors (Lipinski definition) is 0. The minimum Gasteiger partial charge on any atom is -0.496 e. The molecule has 0 spiro atoms. The third kappa shape index (κ3) is 2.36. The third-order valence-electron chi connectivity index (χ3n) is 2.93. The number of nitrogens with zero attached hydrogens (tertiary/aromatic N) is 2. The summed E-state index contributed by atoms with van der Waals surface area (Å²) in [5, 5.41) is 0.